The van der Waals surface area contributed by atoms with Crippen molar-refractivity contribution in [1.82, 2.24) is 4.98 Å². The van der Waals surface area contributed by atoms with Crippen molar-refractivity contribution < 1.29 is 0 Å². The van der Waals surface area contributed by atoms with E-state index in [4.69, 9.17) is 16.6 Å². The number of benzene rings is 3. The minimum Gasteiger partial charge on any atom is -0.378 e. The summed E-state index contributed by atoms with van der Waals surface area (Å²) in [5, 5.41) is 1.67. The molecule has 0 radical (unpaired) electrons. The number of halogens is 1. The number of pyridine rings is 1. The molecule has 3 nitrogen and oxygen atoms in total. The molecule has 0 spiro atoms. The number of aromatic nitrogens is 1. The highest BCUT2D eigenvalue weighted by Crippen LogP contribution is 2.30. The van der Waals surface area contributed by atoms with E-state index in [9.17, 15) is 0 Å². The van der Waals surface area contributed by atoms with E-state index in [0.29, 0.717) is 5.02 Å². The second kappa shape index (κ2) is 12.2. The highest BCUT2D eigenvalue weighted by Gasteiger charge is 2.09. The summed E-state index contributed by atoms with van der Waals surface area (Å²) in [6.45, 7) is 0. The van der Waals surface area contributed by atoms with Crippen LogP contribution in [-0.2, 0) is 0 Å². The Bertz CT molecular complexity index is 1460. The molecule has 0 fully saturated rings. The van der Waals surface area contributed by atoms with Gasteiger partial charge in [-0.3, -0.25) is 0 Å². The largest absolute Gasteiger partial charge is 0.378 e. The van der Waals surface area contributed by atoms with E-state index >= 15 is 0 Å². The highest BCUT2D eigenvalue weighted by atomic mass is 35.5. The molecule has 37 heavy (non-hydrogen) atoms. The van der Waals surface area contributed by atoms with Gasteiger partial charge in [0.15, 0.2) is 0 Å². The summed E-state index contributed by atoms with van der Waals surface area (Å²) in [4.78, 5) is 8.98. The molecule has 4 rings (SSSR count). The first kappa shape index (κ1) is 26.0. The van der Waals surface area contributed by atoms with Gasteiger partial charge in [-0.2, -0.15) is 0 Å². The molecule has 0 aliphatic rings. The van der Waals surface area contributed by atoms with Crippen molar-refractivity contribution >= 4 is 58.2 Å². The molecular formula is C33H32ClN3. The lowest BCUT2D eigenvalue weighted by Gasteiger charge is -2.11. The summed E-state index contributed by atoms with van der Waals surface area (Å²) >= 11 is 6.85. The van der Waals surface area contributed by atoms with Crippen LogP contribution < -0.4 is 9.80 Å². The van der Waals surface area contributed by atoms with Crippen LogP contribution in [0.25, 0.3) is 35.2 Å². The molecular weight excluding hydrogens is 474 g/mol. The molecule has 0 atom stereocenters. The lowest BCUT2D eigenvalue weighted by Crippen LogP contribution is -2.07. The Labute approximate surface area is 225 Å². The maximum atomic E-state index is 6.85. The summed E-state index contributed by atoms with van der Waals surface area (Å²) in [6, 6.07) is 25.0. The number of hydrogen-bond donors (Lipinski definition) is 0. The number of anilines is 2. The molecule has 0 N–H and O–H groups in total. The predicted molar refractivity (Wildman–Crippen MR) is 164 cm³/mol. The van der Waals surface area contributed by atoms with Gasteiger partial charge in [0.25, 0.3) is 0 Å². The van der Waals surface area contributed by atoms with E-state index in [1.165, 1.54) is 11.4 Å². The van der Waals surface area contributed by atoms with Gasteiger partial charge in [0, 0.05) is 50.5 Å². The molecule has 1 heterocycles. The van der Waals surface area contributed by atoms with Crippen LogP contribution in [0.4, 0.5) is 11.4 Å². The lowest BCUT2D eigenvalue weighted by molar-refractivity contribution is 1.13. The zero-order chi connectivity index (χ0) is 26.2. The molecule has 186 valence electrons. The third kappa shape index (κ3) is 6.78. The smallest absolute Gasteiger partial charge is 0.0829 e. The van der Waals surface area contributed by atoms with E-state index in [-0.39, 0.29) is 0 Å². The summed E-state index contributed by atoms with van der Waals surface area (Å²) in [5.74, 6) is 0. The monoisotopic (exact) mass is 505 g/mol. The van der Waals surface area contributed by atoms with Crippen molar-refractivity contribution in [2.75, 3.05) is 38.0 Å². The van der Waals surface area contributed by atoms with Gasteiger partial charge >= 0.3 is 0 Å². The van der Waals surface area contributed by atoms with Crippen molar-refractivity contribution in [2.24, 2.45) is 0 Å². The van der Waals surface area contributed by atoms with E-state index in [0.717, 1.165) is 33.3 Å². The van der Waals surface area contributed by atoms with Gasteiger partial charge in [-0.25, -0.2) is 4.98 Å². The molecule has 0 saturated heterocycles. The van der Waals surface area contributed by atoms with Gasteiger partial charge in [-0.1, -0.05) is 96.6 Å². The topological polar surface area (TPSA) is 19.4 Å². The molecule has 0 aliphatic heterocycles. The number of nitrogens with zero attached hydrogens (tertiary/aromatic N) is 3. The minimum absolute atomic E-state index is 0.638. The van der Waals surface area contributed by atoms with E-state index < -0.39 is 0 Å². The Morgan fingerprint density at radius 3 is 1.62 bits per heavy atom. The van der Waals surface area contributed by atoms with E-state index in [1.807, 2.05) is 76.8 Å². The molecule has 4 heteroatoms. The summed E-state index contributed by atoms with van der Waals surface area (Å²) in [5.41, 5.74) is 7.27. The van der Waals surface area contributed by atoms with Crippen LogP contribution in [0.3, 0.4) is 0 Å². The first-order chi connectivity index (χ1) is 17.9. The molecule has 0 bridgehead atoms. The molecule has 0 aliphatic carbocycles. The third-order valence-corrected chi connectivity index (χ3v) is 6.43. The maximum Gasteiger partial charge on any atom is 0.0829 e. The van der Waals surface area contributed by atoms with Gasteiger partial charge in [0.2, 0.25) is 0 Å². The Hall–Kier alpha value is -4.08. The van der Waals surface area contributed by atoms with Crippen LogP contribution in [0.1, 0.15) is 22.4 Å². The van der Waals surface area contributed by atoms with Crippen molar-refractivity contribution in [3.8, 4) is 0 Å². The Kier molecular flexibility index (Phi) is 8.60. The predicted octanol–water partition coefficient (Wildman–Crippen LogP) is 8.47. The van der Waals surface area contributed by atoms with Gasteiger partial charge in [-0.15, -0.1) is 0 Å². The van der Waals surface area contributed by atoms with Crippen LogP contribution in [0.15, 0.2) is 97.1 Å². The van der Waals surface area contributed by atoms with Gasteiger partial charge in [-0.05, 0) is 47.5 Å². The second-order valence-corrected chi connectivity index (χ2v) is 9.53. The van der Waals surface area contributed by atoms with Crippen LogP contribution in [-0.4, -0.2) is 33.2 Å². The molecule has 4 aromatic rings. The second-order valence-electron chi connectivity index (χ2n) is 9.15. The number of allylic oxidation sites excluding steroid dienone is 4. The zero-order valence-electron chi connectivity index (χ0n) is 21.8. The van der Waals surface area contributed by atoms with Crippen molar-refractivity contribution in [2.45, 2.75) is 0 Å². The first-order valence-corrected chi connectivity index (χ1v) is 12.6. The Morgan fingerprint density at radius 2 is 1.08 bits per heavy atom. The zero-order valence-corrected chi connectivity index (χ0v) is 22.5. The van der Waals surface area contributed by atoms with Crippen LogP contribution in [0, 0.1) is 0 Å². The SMILES string of the molecule is CN(C)c1ccc(/C=C/C=C/c2nc3ccccc3c(/C=C/C=C/c3ccc(N(C)C)cc3)c2Cl)cc1. The number of rotatable bonds is 8. The molecule has 1 aromatic heterocycles. The number of para-hydroxylation sites is 1. The number of fused-ring (bicyclic) bond motifs is 1. The van der Waals surface area contributed by atoms with Crippen LogP contribution >= 0.6 is 11.6 Å². The van der Waals surface area contributed by atoms with Crippen LogP contribution in [0.2, 0.25) is 5.02 Å². The Morgan fingerprint density at radius 1 is 0.595 bits per heavy atom. The van der Waals surface area contributed by atoms with E-state index in [1.54, 1.807) is 0 Å². The highest BCUT2D eigenvalue weighted by molar-refractivity contribution is 6.34. The lowest BCUT2D eigenvalue weighted by atomic mass is 10.1. The normalized spacial score (nSPS) is 12.0. The fourth-order valence-electron chi connectivity index (χ4n) is 3.91. The molecule has 3 aromatic carbocycles. The van der Waals surface area contributed by atoms with Crippen molar-refractivity contribution in [1.29, 1.82) is 0 Å². The quantitative estimate of drug-likeness (QED) is 0.224. The number of hydrogen-bond acceptors (Lipinski definition) is 3. The van der Waals surface area contributed by atoms with Crippen molar-refractivity contribution in [3.05, 3.63) is 125 Å². The summed E-state index contributed by atoms with van der Waals surface area (Å²) in [6.07, 6.45) is 16.2. The maximum absolute atomic E-state index is 6.85. The fourth-order valence-corrected chi connectivity index (χ4v) is 4.18. The van der Waals surface area contributed by atoms with E-state index in [2.05, 4.69) is 82.6 Å². The molecule has 0 amide bonds. The first-order valence-electron chi connectivity index (χ1n) is 12.2. The standard InChI is InChI=1S/C33H32ClN3/c1-36(2)27-21-17-25(18-22-27)11-5-7-14-30-29-13-8-10-15-31(29)35-32(33(30)34)16-9-6-12-26-19-23-28(24-20-26)37(3)4/h5-24H,1-4H3/b11-5+,12-6+,14-7+,16-9+. The van der Waals surface area contributed by atoms with Gasteiger partial charge < -0.3 is 9.80 Å². The van der Waals surface area contributed by atoms with Crippen LogP contribution in [0.5, 0.6) is 0 Å². The average Bonchev–Trinajstić information content (AvgIpc) is 2.91. The summed E-state index contributed by atoms with van der Waals surface area (Å²) in [7, 11) is 8.16. The average molecular weight is 506 g/mol. The molecule has 0 unspecified atom stereocenters. The van der Waals surface area contributed by atoms with Gasteiger partial charge in [0.05, 0.1) is 16.2 Å². The minimum atomic E-state index is 0.638. The Balaban J connectivity index is 1.54. The summed E-state index contributed by atoms with van der Waals surface area (Å²) < 4.78 is 0. The third-order valence-electron chi connectivity index (χ3n) is 6.03. The van der Waals surface area contributed by atoms with Gasteiger partial charge in [0.1, 0.15) is 0 Å². The van der Waals surface area contributed by atoms with Crippen molar-refractivity contribution in [3.63, 3.8) is 0 Å². The fraction of sp³-hybridized carbons (Fsp3) is 0.121. The molecule has 0 saturated carbocycles.